The van der Waals surface area contributed by atoms with Crippen molar-refractivity contribution in [2.45, 2.75) is 0 Å². The van der Waals surface area contributed by atoms with E-state index in [0.717, 1.165) is 83.6 Å². The summed E-state index contributed by atoms with van der Waals surface area (Å²) >= 11 is 0. The maximum Gasteiger partial charge on any atom is 0.160 e. The van der Waals surface area contributed by atoms with Crippen molar-refractivity contribution in [1.82, 2.24) is 23.7 Å². The van der Waals surface area contributed by atoms with Crippen molar-refractivity contribution < 1.29 is 0 Å². The summed E-state index contributed by atoms with van der Waals surface area (Å²) in [7, 11) is 0. The normalized spacial score (nSPS) is 11.8. The predicted molar refractivity (Wildman–Crippen MR) is 304 cm³/mol. The molecule has 0 saturated carbocycles. The van der Waals surface area contributed by atoms with Crippen molar-refractivity contribution in [2.24, 2.45) is 0 Å². The van der Waals surface area contributed by atoms with E-state index in [-0.39, 0.29) is 0 Å². The summed E-state index contributed by atoms with van der Waals surface area (Å²) < 4.78 is 7.47. The lowest BCUT2D eigenvalue weighted by atomic mass is 9.98. The quantitative estimate of drug-likeness (QED) is 0.160. The highest BCUT2D eigenvalue weighted by Gasteiger charge is 2.27. The Balaban J connectivity index is 1.09. The summed E-state index contributed by atoms with van der Waals surface area (Å²) in [5.41, 5.74) is 16.9. The Morgan fingerprint density at radius 3 is 1.01 bits per heavy atom. The summed E-state index contributed by atoms with van der Waals surface area (Å²) in [4.78, 5) is 10.9. The third-order valence-corrected chi connectivity index (χ3v) is 14.8. The summed E-state index contributed by atoms with van der Waals surface area (Å²) in [5.74, 6) is 0.663. The highest BCUT2D eigenvalue weighted by Crippen LogP contribution is 2.45. The van der Waals surface area contributed by atoms with Crippen molar-refractivity contribution >= 4 is 76.2 Å². The largest absolute Gasteiger partial charge is 0.307 e. The Kier molecular flexibility index (Phi) is 9.19. The minimum atomic E-state index is 0.663. The lowest BCUT2D eigenvalue weighted by Crippen LogP contribution is -2.10. The molecular formula is C68H43N5. The number of fused-ring (bicyclic) bond motifs is 10. The van der Waals surface area contributed by atoms with E-state index in [1.807, 2.05) is 6.07 Å². The minimum Gasteiger partial charge on any atom is -0.307 e. The van der Waals surface area contributed by atoms with Crippen LogP contribution in [-0.2, 0) is 0 Å². The van der Waals surface area contributed by atoms with Crippen LogP contribution in [0.5, 0.6) is 0 Å². The molecular weight excluding hydrogens is 887 g/mol. The molecule has 0 fully saturated rings. The fourth-order valence-corrected chi connectivity index (χ4v) is 11.5. The number of nitrogens with zero attached hydrogens (tertiary/aromatic N) is 5. The second kappa shape index (κ2) is 16.4. The first-order valence-electron chi connectivity index (χ1n) is 24.9. The second-order valence-corrected chi connectivity index (χ2v) is 18.9. The smallest absolute Gasteiger partial charge is 0.160 e. The van der Waals surface area contributed by atoms with Gasteiger partial charge in [0.1, 0.15) is 0 Å². The molecule has 340 valence electrons. The van der Waals surface area contributed by atoms with Gasteiger partial charge in [0.2, 0.25) is 0 Å². The lowest BCUT2D eigenvalue weighted by Gasteiger charge is -2.23. The minimum absolute atomic E-state index is 0.663. The molecule has 0 spiro atoms. The van der Waals surface area contributed by atoms with E-state index in [1.165, 1.54) is 48.8 Å². The highest BCUT2D eigenvalue weighted by molar-refractivity contribution is 6.14. The Morgan fingerprint density at radius 1 is 0.233 bits per heavy atom. The molecule has 15 rings (SSSR count). The third-order valence-electron chi connectivity index (χ3n) is 14.8. The van der Waals surface area contributed by atoms with Crippen LogP contribution in [-0.4, -0.2) is 23.7 Å². The van der Waals surface area contributed by atoms with Crippen LogP contribution >= 0.6 is 0 Å². The molecule has 0 aliphatic rings. The molecule has 0 amide bonds. The maximum atomic E-state index is 5.56. The number of rotatable bonds is 7. The van der Waals surface area contributed by atoms with Crippen molar-refractivity contribution in [3.8, 4) is 62.1 Å². The average molecular weight is 930 g/mol. The molecule has 0 bridgehead atoms. The summed E-state index contributed by atoms with van der Waals surface area (Å²) in [6, 6.07) is 94.3. The van der Waals surface area contributed by atoms with Gasteiger partial charge in [-0.05, 0) is 88.6 Å². The Morgan fingerprint density at radius 2 is 0.575 bits per heavy atom. The third kappa shape index (κ3) is 6.49. The standard InChI is InChI=1S/C68H43N5/c1-3-19-44(20-4-1)46-35-36-48-40-49(38-37-47(48)39-46)57-43-58(70-68(69-57)45-21-5-2-6-22-45)50-41-65(71-59-29-13-7-23-51(59)52-24-8-14-30-60(52)71)67(73-63-33-17-11-27-55(63)56-28-12-18-34-64(56)73)66(42-50)72-61-31-15-9-25-53(61)54-26-10-16-32-62(54)72/h1-43H. The molecule has 5 heteroatoms. The van der Waals surface area contributed by atoms with E-state index in [1.54, 1.807) is 0 Å². The molecule has 0 aliphatic carbocycles. The van der Waals surface area contributed by atoms with Crippen LogP contribution in [0.25, 0.3) is 138 Å². The molecule has 4 heterocycles. The van der Waals surface area contributed by atoms with Gasteiger partial charge in [-0.15, -0.1) is 0 Å². The van der Waals surface area contributed by atoms with Gasteiger partial charge in [-0.25, -0.2) is 9.97 Å². The zero-order valence-electron chi connectivity index (χ0n) is 39.6. The second-order valence-electron chi connectivity index (χ2n) is 18.9. The van der Waals surface area contributed by atoms with Crippen LogP contribution in [0.15, 0.2) is 261 Å². The van der Waals surface area contributed by atoms with Gasteiger partial charge in [0.25, 0.3) is 0 Å². The van der Waals surface area contributed by atoms with E-state index in [4.69, 9.17) is 9.97 Å². The lowest BCUT2D eigenvalue weighted by molar-refractivity contribution is 1.05. The molecule has 0 saturated heterocycles. The maximum absolute atomic E-state index is 5.56. The van der Waals surface area contributed by atoms with Crippen LogP contribution in [0.1, 0.15) is 0 Å². The molecule has 0 aliphatic heterocycles. The molecule has 5 nitrogen and oxygen atoms in total. The Labute approximate surface area is 420 Å². The van der Waals surface area contributed by atoms with Crippen LogP contribution in [0.4, 0.5) is 0 Å². The van der Waals surface area contributed by atoms with Crippen LogP contribution < -0.4 is 0 Å². The average Bonchev–Trinajstić information content (AvgIpc) is 4.11. The number of aromatic nitrogens is 5. The molecule has 73 heavy (non-hydrogen) atoms. The van der Waals surface area contributed by atoms with E-state index >= 15 is 0 Å². The van der Waals surface area contributed by atoms with Gasteiger partial charge in [0, 0.05) is 49.0 Å². The molecule has 11 aromatic carbocycles. The van der Waals surface area contributed by atoms with Gasteiger partial charge in [-0.2, -0.15) is 0 Å². The van der Waals surface area contributed by atoms with Crippen LogP contribution in [0, 0.1) is 0 Å². The van der Waals surface area contributed by atoms with Gasteiger partial charge in [0.15, 0.2) is 5.82 Å². The number of benzene rings is 11. The van der Waals surface area contributed by atoms with Crippen molar-refractivity contribution in [3.63, 3.8) is 0 Å². The summed E-state index contributed by atoms with van der Waals surface area (Å²) in [5, 5.41) is 9.49. The zero-order valence-corrected chi connectivity index (χ0v) is 39.6. The fourth-order valence-electron chi connectivity index (χ4n) is 11.5. The number of para-hydroxylation sites is 6. The highest BCUT2D eigenvalue weighted by atomic mass is 15.1. The topological polar surface area (TPSA) is 40.6 Å². The van der Waals surface area contributed by atoms with Gasteiger partial charge in [-0.3, -0.25) is 0 Å². The van der Waals surface area contributed by atoms with Gasteiger partial charge in [-0.1, -0.05) is 194 Å². The predicted octanol–water partition coefficient (Wildman–Crippen LogP) is 17.6. The first-order valence-corrected chi connectivity index (χ1v) is 24.9. The monoisotopic (exact) mass is 929 g/mol. The summed E-state index contributed by atoms with van der Waals surface area (Å²) in [6.07, 6.45) is 0. The molecule has 0 unspecified atom stereocenters. The van der Waals surface area contributed by atoms with Gasteiger partial charge < -0.3 is 13.7 Å². The molecule has 4 aromatic heterocycles. The number of hydrogen-bond acceptors (Lipinski definition) is 2. The molecule has 0 atom stereocenters. The summed E-state index contributed by atoms with van der Waals surface area (Å²) in [6.45, 7) is 0. The fraction of sp³-hybridized carbons (Fsp3) is 0. The van der Waals surface area contributed by atoms with Gasteiger partial charge in [0.05, 0.1) is 61.6 Å². The van der Waals surface area contributed by atoms with Crippen LogP contribution in [0.2, 0.25) is 0 Å². The van der Waals surface area contributed by atoms with Crippen LogP contribution in [0.3, 0.4) is 0 Å². The van der Waals surface area contributed by atoms with Gasteiger partial charge >= 0.3 is 0 Å². The zero-order chi connectivity index (χ0) is 48.0. The molecule has 0 radical (unpaired) electrons. The van der Waals surface area contributed by atoms with E-state index < -0.39 is 0 Å². The molecule has 15 aromatic rings. The van der Waals surface area contributed by atoms with E-state index in [0.29, 0.717) is 5.82 Å². The Hall–Kier alpha value is -9.84. The molecule has 0 N–H and O–H groups in total. The number of hydrogen-bond donors (Lipinski definition) is 0. The first kappa shape index (κ1) is 41.0. The van der Waals surface area contributed by atoms with E-state index in [9.17, 15) is 0 Å². The first-order chi connectivity index (χ1) is 36.2. The van der Waals surface area contributed by atoms with Crippen molar-refractivity contribution in [2.75, 3.05) is 0 Å². The Bertz CT molecular complexity index is 4380. The van der Waals surface area contributed by atoms with Crippen molar-refractivity contribution in [1.29, 1.82) is 0 Å². The van der Waals surface area contributed by atoms with E-state index in [2.05, 4.69) is 268 Å². The SMILES string of the molecule is c1ccc(-c2ccc3cc(-c4cc(-c5cc(-n6c7ccccc7c7ccccc76)c(-n6c7ccccc7c7ccccc76)c(-n6c7ccccc7c7ccccc76)c5)nc(-c5ccccc5)n4)ccc3c2)cc1. The van der Waals surface area contributed by atoms with Crippen molar-refractivity contribution in [3.05, 3.63) is 261 Å².